The molecule has 2 bridgehead atoms. The van der Waals surface area contributed by atoms with Crippen molar-refractivity contribution in [3.8, 4) is 6.01 Å². The number of halogens is 5. The van der Waals surface area contributed by atoms with E-state index in [1.165, 1.54) is 6.92 Å². The van der Waals surface area contributed by atoms with Gasteiger partial charge in [-0.2, -0.15) is 23.1 Å². The van der Waals surface area contributed by atoms with Gasteiger partial charge in [-0.1, -0.05) is 0 Å². The second-order valence-electron chi connectivity index (χ2n) is 14.1. The van der Waals surface area contributed by atoms with Crippen LogP contribution in [0.4, 0.5) is 33.5 Å². The van der Waals surface area contributed by atoms with Crippen LogP contribution in [0, 0.1) is 18.7 Å². The third kappa shape index (κ3) is 5.04. The number of nitrogens with one attached hydrogen (secondary N) is 1. The summed E-state index contributed by atoms with van der Waals surface area (Å²) in [4.78, 5) is 14.2. The molecule has 0 spiro atoms. The molecule has 0 radical (unpaired) electrons. The van der Waals surface area contributed by atoms with Crippen LogP contribution in [-0.4, -0.2) is 71.4 Å². The molecular weight excluding hydrogens is 595 g/mol. The van der Waals surface area contributed by atoms with E-state index in [2.05, 4.69) is 15.1 Å². The Labute approximate surface area is 258 Å². The second-order valence-corrected chi connectivity index (χ2v) is 14.1. The van der Waals surface area contributed by atoms with Gasteiger partial charge < -0.3 is 25.4 Å². The van der Waals surface area contributed by atoms with E-state index in [-0.39, 0.29) is 36.4 Å². The molecule has 8 rings (SSSR count). The fourth-order valence-electron chi connectivity index (χ4n) is 8.92. The van der Waals surface area contributed by atoms with Crippen molar-refractivity contribution in [2.45, 2.75) is 100 Å². The molecular formula is C32H39F5N6O2. The number of hydrogen-bond donors (Lipinski definition) is 2. The number of ether oxygens (including phenoxy) is 2. The Morgan fingerprint density at radius 2 is 1.89 bits per heavy atom. The van der Waals surface area contributed by atoms with Crippen LogP contribution in [-0.2, 0) is 17.5 Å². The van der Waals surface area contributed by atoms with Crippen LogP contribution in [0.25, 0.3) is 0 Å². The average Bonchev–Trinajstić information content (AvgIpc) is 3.57. The molecule has 0 amide bonds. The predicted molar refractivity (Wildman–Crippen MR) is 156 cm³/mol. The van der Waals surface area contributed by atoms with Crippen molar-refractivity contribution in [1.29, 1.82) is 0 Å². The topological polar surface area (TPSA) is 88.8 Å². The van der Waals surface area contributed by atoms with Crippen molar-refractivity contribution in [1.82, 2.24) is 20.2 Å². The first-order valence-corrected chi connectivity index (χ1v) is 16.2. The van der Waals surface area contributed by atoms with Gasteiger partial charge in [-0.15, -0.1) is 0 Å². The van der Waals surface area contributed by atoms with Crippen LogP contribution in [0.2, 0.25) is 0 Å². The van der Waals surface area contributed by atoms with Gasteiger partial charge in [0.15, 0.2) is 5.82 Å². The van der Waals surface area contributed by atoms with E-state index in [0.29, 0.717) is 36.6 Å². The molecule has 13 heteroatoms. The molecule has 1 aromatic heterocycles. The predicted octanol–water partition coefficient (Wildman–Crippen LogP) is 5.19. The fourth-order valence-corrected chi connectivity index (χ4v) is 8.92. The summed E-state index contributed by atoms with van der Waals surface area (Å²) in [5.74, 6) is -1.12. The van der Waals surface area contributed by atoms with Crippen molar-refractivity contribution in [2.24, 2.45) is 5.92 Å². The maximum Gasteiger partial charge on any atom is 0.417 e. The molecule has 6 atom stereocenters. The average molecular weight is 635 g/mol. The summed E-state index contributed by atoms with van der Waals surface area (Å²) in [7, 11) is 0. The van der Waals surface area contributed by atoms with Crippen LogP contribution < -0.4 is 20.7 Å². The number of nitrogen functional groups attached to an aromatic ring is 1. The standard InChI is InChI=1S/C32H39F5N6O2/c1-16-9-22(38)26(34)24(25(16)32(35,36)37)28-23(17-3-4-17)27-21(14-44-28)29(42-12-19-5-6-20(13-42)39-19)41-30(40-27)45-15-31-7-2-8-43(31)11-18(33)10-31/h9,17-20,23,28,39H,2-8,10-15,38H2,1H3/t18-,19?,20?,23+,28+,31+/m1/s1. The zero-order chi connectivity index (χ0) is 31.2. The largest absolute Gasteiger partial charge is 0.461 e. The Balaban J connectivity index is 1.23. The summed E-state index contributed by atoms with van der Waals surface area (Å²) in [6, 6.07) is 1.77. The third-order valence-corrected chi connectivity index (χ3v) is 11.0. The highest BCUT2D eigenvalue weighted by Gasteiger charge is 2.51. The van der Waals surface area contributed by atoms with E-state index in [1.54, 1.807) is 0 Å². The molecule has 6 aliphatic rings. The summed E-state index contributed by atoms with van der Waals surface area (Å²) in [6.45, 7) is 4.11. The zero-order valence-corrected chi connectivity index (χ0v) is 25.3. The summed E-state index contributed by atoms with van der Waals surface area (Å²) in [6.07, 6.45) is -1.15. The van der Waals surface area contributed by atoms with Gasteiger partial charge in [0.2, 0.25) is 0 Å². The number of piperazine rings is 1. The highest BCUT2D eigenvalue weighted by molar-refractivity contribution is 5.57. The van der Waals surface area contributed by atoms with Gasteiger partial charge in [0.1, 0.15) is 18.6 Å². The third-order valence-electron chi connectivity index (χ3n) is 11.0. The zero-order valence-electron chi connectivity index (χ0n) is 25.3. The summed E-state index contributed by atoms with van der Waals surface area (Å²) >= 11 is 0. The molecule has 3 N–H and O–H groups in total. The van der Waals surface area contributed by atoms with Crippen molar-refractivity contribution < 1.29 is 31.4 Å². The number of alkyl halides is 4. The van der Waals surface area contributed by atoms with Crippen LogP contribution in [0.1, 0.15) is 84.9 Å². The number of aromatic nitrogens is 2. The minimum absolute atomic E-state index is 0.0443. The Bertz CT molecular complexity index is 1490. The molecule has 45 heavy (non-hydrogen) atoms. The summed E-state index contributed by atoms with van der Waals surface area (Å²) in [5.41, 5.74) is 4.69. The quantitative estimate of drug-likeness (QED) is 0.332. The lowest BCUT2D eigenvalue weighted by molar-refractivity contribution is -0.141. The Hall–Kier alpha value is -2.77. The second kappa shape index (κ2) is 10.6. The molecule has 6 heterocycles. The Kier molecular flexibility index (Phi) is 7.00. The molecule has 8 nitrogen and oxygen atoms in total. The van der Waals surface area contributed by atoms with Crippen LogP contribution in [0.15, 0.2) is 6.07 Å². The van der Waals surface area contributed by atoms with E-state index >= 15 is 4.39 Å². The molecule has 1 saturated carbocycles. The molecule has 1 aromatic carbocycles. The van der Waals surface area contributed by atoms with Crippen LogP contribution in [0.3, 0.4) is 0 Å². The van der Waals surface area contributed by atoms with Gasteiger partial charge in [0.25, 0.3) is 0 Å². The maximum absolute atomic E-state index is 15.8. The normalized spacial score (nSPS) is 33.0. The van der Waals surface area contributed by atoms with Crippen molar-refractivity contribution in [2.75, 3.05) is 43.4 Å². The number of benzene rings is 1. The lowest BCUT2D eigenvalue weighted by Gasteiger charge is -2.39. The number of aryl methyl sites for hydroxylation is 1. The Morgan fingerprint density at radius 1 is 1.13 bits per heavy atom. The van der Waals surface area contributed by atoms with Crippen molar-refractivity contribution in [3.05, 3.63) is 39.8 Å². The molecule has 5 aliphatic heterocycles. The van der Waals surface area contributed by atoms with E-state index < -0.39 is 46.9 Å². The van der Waals surface area contributed by atoms with Gasteiger partial charge >= 0.3 is 12.2 Å². The molecule has 244 valence electrons. The number of nitrogens with two attached hydrogens (primary N) is 1. The van der Waals surface area contributed by atoms with E-state index in [4.69, 9.17) is 25.2 Å². The van der Waals surface area contributed by atoms with E-state index in [0.717, 1.165) is 69.8 Å². The smallest absolute Gasteiger partial charge is 0.417 e. The monoisotopic (exact) mass is 634 g/mol. The minimum atomic E-state index is -4.81. The molecule has 4 saturated heterocycles. The van der Waals surface area contributed by atoms with Gasteiger partial charge in [0, 0.05) is 55.2 Å². The fraction of sp³-hybridized carbons (Fsp3) is 0.688. The first-order valence-electron chi connectivity index (χ1n) is 16.2. The highest BCUT2D eigenvalue weighted by Crippen LogP contribution is 2.56. The van der Waals surface area contributed by atoms with Gasteiger partial charge in [-0.25, -0.2) is 8.78 Å². The highest BCUT2D eigenvalue weighted by atomic mass is 19.4. The summed E-state index contributed by atoms with van der Waals surface area (Å²) < 4.78 is 86.4. The van der Waals surface area contributed by atoms with E-state index in [9.17, 15) is 17.6 Å². The Morgan fingerprint density at radius 3 is 2.60 bits per heavy atom. The van der Waals surface area contributed by atoms with Crippen molar-refractivity contribution in [3.63, 3.8) is 0 Å². The lowest BCUT2D eigenvalue weighted by atomic mass is 9.81. The maximum atomic E-state index is 15.8. The molecule has 5 fully saturated rings. The number of rotatable bonds is 6. The van der Waals surface area contributed by atoms with Gasteiger partial charge in [-0.3, -0.25) is 4.90 Å². The number of anilines is 2. The van der Waals surface area contributed by atoms with Gasteiger partial charge in [0.05, 0.1) is 35.2 Å². The number of fused-ring (bicyclic) bond motifs is 4. The molecule has 1 aliphatic carbocycles. The molecule has 2 aromatic rings. The van der Waals surface area contributed by atoms with Crippen LogP contribution >= 0.6 is 0 Å². The lowest BCUT2D eigenvalue weighted by Crippen LogP contribution is -2.52. The van der Waals surface area contributed by atoms with Crippen LogP contribution in [0.5, 0.6) is 6.01 Å². The first-order chi connectivity index (χ1) is 21.5. The summed E-state index contributed by atoms with van der Waals surface area (Å²) in [5, 5.41) is 3.63. The minimum Gasteiger partial charge on any atom is -0.461 e. The number of nitrogens with zero attached hydrogens (tertiary/aromatic N) is 4. The molecule has 2 unspecified atom stereocenters. The van der Waals surface area contributed by atoms with Crippen molar-refractivity contribution >= 4 is 11.5 Å². The first kappa shape index (κ1) is 29.6. The van der Waals surface area contributed by atoms with E-state index in [1.807, 2.05) is 0 Å². The van der Waals surface area contributed by atoms with Gasteiger partial charge in [-0.05, 0) is 69.5 Å². The SMILES string of the molecule is Cc1cc(N)c(F)c([C@H]2OCc3c(nc(OC[C@@]45CCCN4C[C@H](F)C5)nc3N3CC4CCC(C3)N4)[C@@H]2C2CC2)c1C(F)(F)F. The number of hydrogen-bond acceptors (Lipinski definition) is 8.